The van der Waals surface area contributed by atoms with Crippen LogP contribution >= 0.6 is 0 Å². The molecule has 1 aliphatic heterocycles. The molecule has 4 heteroatoms. The molecule has 130 valence electrons. The minimum absolute atomic E-state index is 0.0949. The van der Waals surface area contributed by atoms with E-state index in [2.05, 4.69) is 30.4 Å². The number of aromatic carboxylic acids is 1. The number of rotatable bonds is 4. The molecule has 1 aromatic carbocycles. The van der Waals surface area contributed by atoms with E-state index in [0.717, 1.165) is 31.4 Å². The van der Waals surface area contributed by atoms with Crippen LogP contribution in [0, 0.1) is 0 Å². The molecular weight excluding hydrogens is 312 g/mol. The van der Waals surface area contributed by atoms with Crippen molar-refractivity contribution in [1.82, 2.24) is 5.43 Å². The highest BCUT2D eigenvalue weighted by molar-refractivity contribution is 5.88. The number of nitrogens with one attached hydrogen (secondary N) is 1. The topological polar surface area (TPSA) is 52.6 Å². The van der Waals surface area contributed by atoms with Crippen molar-refractivity contribution in [3.63, 3.8) is 0 Å². The predicted octanol–water partition coefficient (Wildman–Crippen LogP) is 4.59. The summed E-state index contributed by atoms with van der Waals surface area (Å²) in [6.07, 6.45) is 12.7. The van der Waals surface area contributed by atoms with Crippen molar-refractivity contribution in [2.75, 3.05) is 5.01 Å². The van der Waals surface area contributed by atoms with E-state index in [-0.39, 0.29) is 11.6 Å². The summed E-state index contributed by atoms with van der Waals surface area (Å²) in [7, 11) is 0. The number of hydrogen-bond donors (Lipinski definition) is 2. The Morgan fingerprint density at radius 3 is 2.88 bits per heavy atom. The minimum Gasteiger partial charge on any atom is -0.478 e. The molecule has 1 heterocycles. The van der Waals surface area contributed by atoms with Gasteiger partial charge in [-0.2, -0.15) is 0 Å². The van der Waals surface area contributed by atoms with Crippen LogP contribution in [0.2, 0.25) is 0 Å². The van der Waals surface area contributed by atoms with Crippen molar-refractivity contribution >= 4 is 11.7 Å². The van der Waals surface area contributed by atoms with Crippen LogP contribution in [0.4, 0.5) is 5.69 Å². The van der Waals surface area contributed by atoms with Crippen LogP contribution in [0.3, 0.4) is 0 Å². The number of anilines is 1. The van der Waals surface area contributed by atoms with E-state index in [1.54, 1.807) is 18.2 Å². The van der Waals surface area contributed by atoms with Crippen LogP contribution in [0.15, 0.2) is 72.0 Å². The van der Waals surface area contributed by atoms with Crippen molar-refractivity contribution < 1.29 is 9.90 Å². The summed E-state index contributed by atoms with van der Waals surface area (Å²) >= 11 is 0. The van der Waals surface area contributed by atoms with E-state index in [9.17, 15) is 9.90 Å². The lowest BCUT2D eigenvalue weighted by Gasteiger charge is -2.25. The predicted molar refractivity (Wildman–Crippen MR) is 101 cm³/mol. The number of allylic oxidation sites excluding steroid dienone is 3. The third-order valence-electron chi connectivity index (χ3n) is 4.74. The minimum atomic E-state index is -0.915. The average Bonchev–Trinajstić information content (AvgIpc) is 3.01. The molecule has 25 heavy (non-hydrogen) atoms. The Kier molecular flexibility index (Phi) is 5.19. The maximum absolute atomic E-state index is 11.2. The van der Waals surface area contributed by atoms with E-state index in [1.807, 2.05) is 24.1 Å². The number of hydrogen-bond acceptors (Lipinski definition) is 3. The van der Waals surface area contributed by atoms with Gasteiger partial charge in [-0.3, -0.25) is 5.01 Å². The lowest BCUT2D eigenvalue weighted by atomic mass is 9.87. The Bertz CT molecular complexity index is 774. The fourth-order valence-electron chi connectivity index (χ4n) is 3.52. The summed E-state index contributed by atoms with van der Waals surface area (Å²) in [5, 5.41) is 11.2. The van der Waals surface area contributed by atoms with Gasteiger partial charge in [-0.1, -0.05) is 30.9 Å². The largest absolute Gasteiger partial charge is 0.478 e. The molecule has 1 atom stereocenters. The smallest absolute Gasteiger partial charge is 0.335 e. The molecule has 0 fully saturated rings. The molecule has 1 unspecified atom stereocenters. The normalized spacial score (nSPS) is 23.8. The molecular formula is C21H24N2O2. The Labute approximate surface area is 148 Å². The van der Waals surface area contributed by atoms with Crippen molar-refractivity contribution in [3.8, 4) is 0 Å². The van der Waals surface area contributed by atoms with Gasteiger partial charge in [0, 0.05) is 6.20 Å². The molecule has 2 aliphatic rings. The second-order valence-corrected chi connectivity index (χ2v) is 6.38. The van der Waals surface area contributed by atoms with Gasteiger partial charge in [0.15, 0.2) is 0 Å². The van der Waals surface area contributed by atoms with Crippen LogP contribution < -0.4 is 10.4 Å². The van der Waals surface area contributed by atoms with E-state index in [4.69, 9.17) is 0 Å². The van der Waals surface area contributed by atoms with Gasteiger partial charge in [0.2, 0.25) is 0 Å². The zero-order valence-electron chi connectivity index (χ0n) is 14.5. The monoisotopic (exact) mass is 336 g/mol. The fraction of sp³-hybridized carbons (Fsp3) is 0.286. The Morgan fingerprint density at radius 2 is 2.16 bits per heavy atom. The van der Waals surface area contributed by atoms with Crippen molar-refractivity contribution in [2.45, 2.75) is 38.6 Å². The van der Waals surface area contributed by atoms with Crippen molar-refractivity contribution in [2.24, 2.45) is 0 Å². The average molecular weight is 336 g/mol. The molecule has 0 saturated heterocycles. The maximum Gasteiger partial charge on any atom is 0.335 e. The molecule has 1 aromatic rings. The van der Waals surface area contributed by atoms with Crippen LogP contribution in [0.5, 0.6) is 0 Å². The molecule has 0 bridgehead atoms. The Balaban J connectivity index is 1.96. The number of carboxylic acids is 1. The third kappa shape index (κ3) is 3.59. The van der Waals surface area contributed by atoms with Gasteiger partial charge < -0.3 is 5.11 Å². The summed E-state index contributed by atoms with van der Waals surface area (Å²) < 4.78 is 0. The number of carboxylic acid groups (broad SMARTS) is 1. The first kappa shape index (κ1) is 17.2. The van der Waals surface area contributed by atoms with Gasteiger partial charge in [-0.25, -0.2) is 10.2 Å². The summed E-state index contributed by atoms with van der Waals surface area (Å²) in [6.45, 7) is 6.07. The highest BCUT2D eigenvalue weighted by Gasteiger charge is 2.29. The first-order valence-corrected chi connectivity index (χ1v) is 8.71. The molecule has 3 rings (SSSR count). The Hall–Kier alpha value is -2.59. The number of benzene rings is 1. The molecule has 0 radical (unpaired) electrons. The molecule has 1 aliphatic carbocycles. The summed E-state index contributed by atoms with van der Waals surface area (Å²) in [5.41, 5.74) is 8.48. The molecule has 0 aromatic heterocycles. The highest BCUT2D eigenvalue weighted by Crippen LogP contribution is 2.33. The standard InChI is InChI=1S/C21H24N2O2/c1-3-8-15-9-5-6-10-17-14-23(22-20(17)19(15)4-2)18-12-7-11-16(13-18)21(24)25/h3-4,7-8,11-14,20,22H,2,5-6,9-10H2,1H3,(H,24,25)/b8-3-,19-15-. The van der Waals surface area contributed by atoms with Gasteiger partial charge in [0.05, 0.1) is 17.3 Å². The van der Waals surface area contributed by atoms with Crippen LogP contribution in [0.1, 0.15) is 43.0 Å². The SMILES string of the molecule is C=C/C1=C(\C=C/C)CCCCC2=CN(c3cccc(C(=O)O)c3)NC21. The Morgan fingerprint density at radius 1 is 1.36 bits per heavy atom. The third-order valence-corrected chi connectivity index (χ3v) is 4.74. The van der Waals surface area contributed by atoms with Crippen LogP contribution in [0.25, 0.3) is 0 Å². The van der Waals surface area contributed by atoms with Gasteiger partial charge in [-0.05, 0) is 67.5 Å². The van der Waals surface area contributed by atoms with Crippen LogP contribution in [-0.4, -0.2) is 17.1 Å². The molecule has 2 N–H and O–H groups in total. The first-order chi connectivity index (χ1) is 12.1. The van der Waals surface area contributed by atoms with Crippen molar-refractivity contribution in [1.29, 1.82) is 0 Å². The summed E-state index contributed by atoms with van der Waals surface area (Å²) in [6, 6.07) is 7.08. The van der Waals surface area contributed by atoms with E-state index in [0.29, 0.717) is 0 Å². The van der Waals surface area contributed by atoms with Crippen LogP contribution in [-0.2, 0) is 0 Å². The van der Waals surface area contributed by atoms with E-state index in [1.165, 1.54) is 16.7 Å². The zero-order chi connectivity index (χ0) is 17.8. The van der Waals surface area contributed by atoms with Gasteiger partial charge in [0.1, 0.15) is 0 Å². The number of nitrogens with zero attached hydrogens (tertiary/aromatic N) is 1. The second-order valence-electron chi connectivity index (χ2n) is 6.38. The van der Waals surface area contributed by atoms with Crippen molar-refractivity contribution in [3.05, 3.63) is 77.6 Å². The lowest BCUT2D eigenvalue weighted by Crippen LogP contribution is -2.37. The molecule has 0 spiro atoms. The number of carbonyl (C=O) groups is 1. The second kappa shape index (κ2) is 7.53. The van der Waals surface area contributed by atoms with Gasteiger partial charge in [-0.15, -0.1) is 0 Å². The molecule has 0 saturated carbocycles. The first-order valence-electron chi connectivity index (χ1n) is 8.71. The van der Waals surface area contributed by atoms with E-state index < -0.39 is 5.97 Å². The summed E-state index contributed by atoms with van der Waals surface area (Å²) in [5.74, 6) is -0.915. The molecule has 0 amide bonds. The van der Waals surface area contributed by atoms with E-state index >= 15 is 0 Å². The number of fused-ring (bicyclic) bond motifs is 1. The van der Waals surface area contributed by atoms with Gasteiger partial charge >= 0.3 is 5.97 Å². The maximum atomic E-state index is 11.2. The fourth-order valence-corrected chi connectivity index (χ4v) is 3.52. The van der Waals surface area contributed by atoms with Gasteiger partial charge in [0.25, 0.3) is 0 Å². The quantitative estimate of drug-likeness (QED) is 0.844. The molecule has 4 nitrogen and oxygen atoms in total. The summed E-state index contributed by atoms with van der Waals surface area (Å²) in [4.78, 5) is 11.2. The zero-order valence-corrected chi connectivity index (χ0v) is 14.5. The lowest BCUT2D eigenvalue weighted by molar-refractivity contribution is 0.0697. The number of hydrazine groups is 1. The highest BCUT2D eigenvalue weighted by atomic mass is 16.4.